The van der Waals surface area contributed by atoms with Crippen molar-refractivity contribution in [3.05, 3.63) is 22.8 Å². The van der Waals surface area contributed by atoms with Crippen LogP contribution in [0.3, 0.4) is 0 Å². The maximum atomic E-state index is 5.96. The maximum Gasteiger partial charge on any atom is 0.213 e. The third-order valence-corrected chi connectivity index (χ3v) is 3.71. The average Bonchev–Trinajstić information content (AvgIpc) is 2.60. The Labute approximate surface area is 112 Å². The lowest BCUT2D eigenvalue weighted by Gasteiger charge is -2.16. The molecule has 4 heteroatoms. The van der Waals surface area contributed by atoms with Crippen molar-refractivity contribution >= 4 is 23.2 Å². The van der Waals surface area contributed by atoms with Crippen molar-refractivity contribution in [1.29, 1.82) is 0 Å². The molecule has 1 aromatic heterocycles. The van der Waals surface area contributed by atoms with Crippen LogP contribution in [0, 0.1) is 0 Å². The van der Waals surface area contributed by atoms with Gasteiger partial charge in [-0.05, 0) is 31.7 Å². The van der Waals surface area contributed by atoms with E-state index in [1.165, 1.54) is 25.7 Å². The maximum absolute atomic E-state index is 5.96. The SMILES string of the molecule is ClCc1nc(OC2CCCCCC2)ccc1Cl. The molecule has 0 saturated heterocycles. The van der Waals surface area contributed by atoms with Gasteiger partial charge in [0.2, 0.25) is 5.88 Å². The first kappa shape index (κ1) is 13.0. The highest BCUT2D eigenvalue weighted by atomic mass is 35.5. The highest BCUT2D eigenvalue weighted by Gasteiger charge is 2.14. The van der Waals surface area contributed by atoms with Crippen molar-refractivity contribution in [2.45, 2.75) is 50.5 Å². The van der Waals surface area contributed by atoms with Crippen molar-refractivity contribution in [3.63, 3.8) is 0 Å². The van der Waals surface area contributed by atoms with E-state index in [4.69, 9.17) is 27.9 Å². The molecule has 1 fully saturated rings. The molecule has 0 N–H and O–H groups in total. The molecule has 1 aromatic rings. The van der Waals surface area contributed by atoms with Gasteiger partial charge in [-0.2, -0.15) is 0 Å². The van der Waals surface area contributed by atoms with Gasteiger partial charge in [0.1, 0.15) is 6.10 Å². The lowest BCUT2D eigenvalue weighted by Crippen LogP contribution is -2.16. The molecule has 0 bridgehead atoms. The summed E-state index contributed by atoms with van der Waals surface area (Å²) in [7, 11) is 0. The highest BCUT2D eigenvalue weighted by molar-refractivity contribution is 6.32. The summed E-state index contributed by atoms with van der Waals surface area (Å²) >= 11 is 11.7. The normalized spacial score (nSPS) is 17.8. The Morgan fingerprint density at radius 1 is 1.18 bits per heavy atom. The molecule has 2 rings (SSSR count). The third kappa shape index (κ3) is 3.75. The zero-order chi connectivity index (χ0) is 12.1. The standard InChI is InChI=1S/C13H17Cl2NO/c14-9-12-11(15)7-8-13(16-12)17-10-5-3-1-2-4-6-10/h7-8,10H,1-6,9H2. The van der Waals surface area contributed by atoms with Gasteiger partial charge in [-0.25, -0.2) is 4.98 Å². The van der Waals surface area contributed by atoms with Crippen LogP contribution in [0.15, 0.2) is 12.1 Å². The van der Waals surface area contributed by atoms with Crippen molar-refractivity contribution in [2.75, 3.05) is 0 Å². The summed E-state index contributed by atoms with van der Waals surface area (Å²) in [5.74, 6) is 0.970. The first-order valence-electron chi connectivity index (χ1n) is 6.17. The minimum atomic E-state index is 0.300. The molecule has 1 heterocycles. The quantitative estimate of drug-likeness (QED) is 0.594. The molecule has 1 saturated carbocycles. The van der Waals surface area contributed by atoms with E-state index in [1.807, 2.05) is 6.07 Å². The Kier molecular flexibility index (Phi) is 4.93. The summed E-state index contributed by atoms with van der Waals surface area (Å²) in [6.07, 6.45) is 7.69. The molecule has 0 aliphatic heterocycles. The molecule has 0 atom stereocenters. The van der Waals surface area contributed by atoms with Crippen LogP contribution in [0.1, 0.15) is 44.2 Å². The zero-order valence-corrected chi connectivity index (χ0v) is 11.3. The van der Waals surface area contributed by atoms with Gasteiger partial charge >= 0.3 is 0 Å². The highest BCUT2D eigenvalue weighted by Crippen LogP contribution is 2.24. The number of hydrogen-bond acceptors (Lipinski definition) is 2. The fourth-order valence-electron chi connectivity index (χ4n) is 2.15. The van der Waals surface area contributed by atoms with Crippen LogP contribution in [0.25, 0.3) is 0 Å². The van der Waals surface area contributed by atoms with Crippen LogP contribution in [-0.4, -0.2) is 11.1 Å². The van der Waals surface area contributed by atoms with Gasteiger partial charge in [0.05, 0.1) is 16.6 Å². The minimum Gasteiger partial charge on any atom is -0.474 e. The smallest absolute Gasteiger partial charge is 0.213 e. The molecule has 2 nitrogen and oxygen atoms in total. The van der Waals surface area contributed by atoms with E-state index >= 15 is 0 Å². The Morgan fingerprint density at radius 2 is 1.88 bits per heavy atom. The molecule has 94 valence electrons. The Balaban J connectivity index is 2.01. The van der Waals surface area contributed by atoms with E-state index in [0.29, 0.717) is 28.6 Å². The predicted octanol–water partition coefficient (Wildman–Crippen LogP) is 4.58. The number of aromatic nitrogens is 1. The van der Waals surface area contributed by atoms with E-state index in [1.54, 1.807) is 6.07 Å². The summed E-state index contributed by atoms with van der Waals surface area (Å²) < 4.78 is 5.90. The molecule has 0 unspecified atom stereocenters. The number of hydrogen-bond donors (Lipinski definition) is 0. The number of rotatable bonds is 3. The van der Waals surface area contributed by atoms with Crippen LogP contribution in [0.5, 0.6) is 5.88 Å². The lowest BCUT2D eigenvalue weighted by molar-refractivity contribution is 0.176. The molecule has 1 aliphatic rings. The second-order valence-electron chi connectivity index (χ2n) is 4.44. The number of halogens is 2. The first-order chi connectivity index (χ1) is 8.29. The second-order valence-corrected chi connectivity index (χ2v) is 5.12. The van der Waals surface area contributed by atoms with Crippen LogP contribution < -0.4 is 4.74 Å². The van der Waals surface area contributed by atoms with Gasteiger partial charge in [0, 0.05) is 6.07 Å². The fourth-order valence-corrected chi connectivity index (χ4v) is 2.60. The van der Waals surface area contributed by atoms with Gasteiger partial charge in [-0.15, -0.1) is 11.6 Å². The summed E-state index contributed by atoms with van der Waals surface area (Å²) in [6, 6.07) is 3.63. The van der Waals surface area contributed by atoms with E-state index in [-0.39, 0.29) is 0 Å². The Bertz CT molecular complexity index is 362. The molecule has 0 spiro atoms. The summed E-state index contributed by atoms with van der Waals surface area (Å²) in [5.41, 5.74) is 0.694. The monoisotopic (exact) mass is 273 g/mol. The summed E-state index contributed by atoms with van der Waals surface area (Å²) in [5, 5.41) is 0.605. The Hall–Kier alpha value is -0.470. The van der Waals surface area contributed by atoms with Gasteiger partial charge in [-0.1, -0.05) is 24.4 Å². The number of pyridine rings is 1. The van der Waals surface area contributed by atoms with E-state index in [9.17, 15) is 0 Å². The molecule has 17 heavy (non-hydrogen) atoms. The molecule has 0 aromatic carbocycles. The first-order valence-corrected chi connectivity index (χ1v) is 7.09. The zero-order valence-electron chi connectivity index (χ0n) is 9.79. The predicted molar refractivity (Wildman–Crippen MR) is 70.9 cm³/mol. The van der Waals surface area contributed by atoms with Gasteiger partial charge in [0.25, 0.3) is 0 Å². The molecular formula is C13H17Cl2NO. The topological polar surface area (TPSA) is 22.1 Å². The third-order valence-electron chi connectivity index (χ3n) is 3.11. The van der Waals surface area contributed by atoms with Gasteiger partial charge in [-0.3, -0.25) is 0 Å². The van der Waals surface area contributed by atoms with Crippen molar-refractivity contribution in [3.8, 4) is 5.88 Å². The van der Waals surface area contributed by atoms with Crippen LogP contribution in [0.2, 0.25) is 5.02 Å². The lowest BCUT2D eigenvalue weighted by atomic mass is 10.1. The van der Waals surface area contributed by atoms with Crippen molar-refractivity contribution in [1.82, 2.24) is 4.98 Å². The van der Waals surface area contributed by atoms with E-state index in [2.05, 4.69) is 4.98 Å². The van der Waals surface area contributed by atoms with Crippen molar-refractivity contribution in [2.24, 2.45) is 0 Å². The Morgan fingerprint density at radius 3 is 2.53 bits per heavy atom. The van der Waals surface area contributed by atoms with Crippen LogP contribution >= 0.6 is 23.2 Å². The van der Waals surface area contributed by atoms with E-state index in [0.717, 1.165) is 12.8 Å². The van der Waals surface area contributed by atoms with E-state index < -0.39 is 0 Å². The van der Waals surface area contributed by atoms with Gasteiger partial charge in [0.15, 0.2) is 0 Å². The van der Waals surface area contributed by atoms with Crippen LogP contribution in [-0.2, 0) is 5.88 Å². The van der Waals surface area contributed by atoms with Crippen molar-refractivity contribution < 1.29 is 4.74 Å². The summed E-state index contributed by atoms with van der Waals surface area (Å²) in [6.45, 7) is 0. The summed E-state index contributed by atoms with van der Waals surface area (Å²) in [4.78, 5) is 4.33. The fraction of sp³-hybridized carbons (Fsp3) is 0.615. The molecule has 0 radical (unpaired) electrons. The van der Waals surface area contributed by atoms with Gasteiger partial charge < -0.3 is 4.74 Å². The molecule has 0 amide bonds. The second kappa shape index (κ2) is 6.46. The minimum absolute atomic E-state index is 0.300. The average molecular weight is 274 g/mol. The number of alkyl halides is 1. The largest absolute Gasteiger partial charge is 0.474 e. The molecular weight excluding hydrogens is 257 g/mol. The number of ether oxygens (including phenoxy) is 1. The van der Waals surface area contributed by atoms with Crippen LogP contribution in [0.4, 0.5) is 0 Å². The number of nitrogens with zero attached hydrogens (tertiary/aromatic N) is 1. The molecule has 1 aliphatic carbocycles.